The molecule has 8 nitrogen and oxygen atoms in total. The van der Waals surface area contributed by atoms with Crippen molar-refractivity contribution in [3.8, 4) is 0 Å². The Morgan fingerprint density at radius 3 is 2.65 bits per heavy atom. The molecule has 1 aliphatic heterocycles. The van der Waals surface area contributed by atoms with E-state index in [9.17, 15) is 22.8 Å². The quantitative estimate of drug-likeness (QED) is 0.713. The molecule has 168 valence electrons. The Kier molecular flexibility index (Phi) is 7.42. The number of aryl methyl sites for hydroxylation is 1. The zero-order valence-corrected chi connectivity index (χ0v) is 17.6. The number of hydrogen-bond donors (Lipinski definition) is 1. The first-order valence-electron chi connectivity index (χ1n) is 9.59. The third-order valence-electron chi connectivity index (χ3n) is 4.60. The number of rotatable bonds is 6. The summed E-state index contributed by atoms with van der Waals surface area (Å²) in [5.41, 5.74) is -0.789. The summed E-state index contributed by atoms with van der Waals surface area (Å²) < 4.78 is 43.0. The van der Waals surface area contributed by atoms with Crippen molar-refractivity contribution in [2.24, 2.45) is 0 Å². The van der Waals surface area contributed by atoms with Gasteiger partial charge in [0.15, 0.2) is 5.82 Å². The molecule has 0 saturated carbocycles. The van der Waals surface area contributed by atoms with Crippen LogP contribution in [-0.4, -0.2) is 64.5 Å². The third kappa shape index (κ3) is 6.61. The molecule has 0 bridgehead atoms. The molecule has 0 spiro atoms. The lowest BCUT2D eigenvalue weighted by molar-refractivity contribution is -0.137. The second-order valence-electron chi connectivity index (χ2n) is 6.99. The van der Waals surface area contributed by atoms with Gasteiger partial charge in [-0.15, -0.1) is 11.8 Å². The molecule has 1 fully saturated rings. The van der Waals surface area contributed by atoms with E-state index in [2.05, 4.69) is 15.5 Å². The Bertz CT molecular complexity index is 904. The molecule has 0 aromatic carbocycles. The summed E-state index contributed by atoms with van der Waals surface area (Å²) in [4.78, 5) is 31.9. The van der Waals surface area contributed by atoms with Gasteiger partial charge in [-0.3, -0.25) is 9.59 Å². The molecule has 12 heteroatoms. The van der Waals surface area contributed by atoms with Gasteiger partial charge >= 0.3 is 6.18 Å². The zero-order chi connectivity index (χ0) is 22.4. The molecule has 2 amide bonds. The van der Waals surface area contributed by atoms with Gasteiger partial charge in [-0.2, -0.15) is 13.2 Å². The van der Waals surface area contributed by atoms with Crippen molar-refractivity contribution in [3.63, 3.8) is 0 Å². The van der Waals surface area contributed by atoms with Crippen LogP contribution in [0.2, 0.25) is 0 Å². The summed E-state index contributed by atoms with van der Waals surface area (Å²) in [5, 5.41) is 6.26. The van der Waals surface area contributed by atoms with Crippen LogP contribution in [0.15, 0.2) is 28.9 Å². The van der Waals surface area contributed by atoms with Gasteiger partial charge in [0.25, 0.3) is 0 Å². The van der Waals surface area contributed by atoms with Crippen LogP contribution in [0.25, 0.3) is 0 Å². The summed E-state index contributed by atoms with van der Waals surface area (Å²) in [6, 6.07) is 3.96. The molecule has 0 atom stereocenters. The van der Waals surface area contributed by atoms with Gasteiger partial charge in [0.05, 0.1) is 17.1 Å². The Hall–Kier alpha value is -2.76. The second kappa shape index (κ2) is 10.0. The van der Waals surface area contributed by atoms with Crippen molar-refractivity contribution in [1.82, 2.24) is 15.0 Å². The molecular formula is C19H22F3N5O3S. The first-order valence-corrected chi connectivity index (χ1v) is 10.7. The first-order chi connectivity index (χ1) is 14.7. The normalized spacial score (nSPS) is 15.0. The number of alkyl halides is 3. The Labute approximate surface area is 181 Å². The van der Waals surface area contributed by atoms with Crippen molar-refractivity contribution in [2.45, 2.75) is 19.5 Å². The SMILES string of the molecule is Cc1cc(NC(=O)CSCC(=O)N2CCCN(c3ccc(C(F)(F)F)cn3)CC2)no1. The van der Waals surface area contributed by atoms with Crippen LogP contribution in [0, 0.1) is 6.92 Å². The average molecular weight is 457 g/mol. The fraction of sp³-hybridized carbons (Fsp3) is 0.474. The highest BCUT2D eigenvalue weighted by molar-refractivity contribution is 8.00. The van der Waals surface area contributed by atoms with Crippen molar-refractivity contribution in [3.05, 3.63) is 35.7 Å². The number of carbonyl (C=O) groups excluding carboxylic acids is 2. The minimum absolute atomic E-state index is 0.0858. The van der Waals surface area contributed by atoms with E-state index in [4.69, 9.17) is 4.52 Å². The minimum atomic E-state index is -4.42. The molecule has 2 aromatic heterocycles. The smallest absolute Gasteiger partial charge is 0.360 e. The molecule has 0 aliphatic carbocycles. The highest BCUT2D eigenvalue weighted by Gasteiger charge is 2.31. The Balaban J connectivity index is 1.43. The summed E-state index contributed by atoms with van der Waals surface area (Å²) in [7, 11) is 0. The van der Waals surface area contributed by atoms with Crippen LogP contribution >= 0.6 is 11.8 Å². The molecular weight excluding hydrogens is 435 g/mol. The number of pyridine rings is 1. The number of nitrogens with one attached hydrogen (secondary N) is 1. The van der Waals surface area contributed by atoms with Crippen molar-refractivity contribution >= 4 is 35.2 Å². The van der Waals surface area contributed by atoms with Crippen molar-refractivity contribution < 1.29 is 27.3 Å². The van der Waals surface area contributed by atoms with Gasteiger partial charge in [0.2, 0.25) is 11.8 Å². The molecule has 0 radical (unpaired) electrons. The monoisotopic (exact) mass is 457 g/mol. The van der Waals surface area contributed by atoms with E-state index < -0.39 is 11.7 Å². The molecule has 1 saturated heterocycles. The first kappa shape index (κ1) is 22.9. The summed E-state index contributed by atoms with van der Waals surface area (Å²) in [5.74, 6) is 1.27. The lowest BCUT2D eigenvalue weighted by atomic mass is 10.2. The summed E-state index contributed by atoms with van der Waals surface area (Å²) in [6.45, 7) is 3.76. The van der Waals surface area contributed by atoms with E-state index in [0.29, 0.717) is 50.0 Å². The molecule has 0 unspecified atom stereocenters. The second-order valence-corrected chi connectivity index (χ2v) is 7.97. The summed E-state index contributed by atoms with van der Waals surface area (Å²) >= 11 is 1.20. The van der Waals surface area contributed by atoms with Gasteiger partial charge in [0.1, 0.15) is 11.6 Å². The topological polar surface area (TPSA) is 91.6 Å². The third-order valence-corrected chi connectivity index (χ3v) is 5.52. The zero-order valence-electron chi connectivity index (χ0n) is 16.8. The average Bonchev–Trinajstić information content (AvgIpc) is 2.98. The van der Waals surface area contributed by atoms with Gasteiger partial charge in [0, 0.05) is 38.4 Å². The molecule has 3 heterocycles. The van der Waals surface area contributed by atoms with E-state index >= 15 is 0 Å². The standard InChI is InChI=1S/C19H22F3N5O3S/c1-13-9-15(25-30-13)24-17(28)11-31-12-18(29)27-6-2-5-26(7-8-27)16-4-3-14(10-23-16)19(20,21)22/h3-4,9-10H,2,5-8,11-12H2,1H3,(H,24,25,28). The van der Waals surface area contributed by atoms with E-state index in [-0.39, 0.29) is 23.3 Å². The number of carbonyl (C=O) groups is 2. The fourth-order valence-electron chi connectivity index (χ4n) is 3.06. The number of thioether (sulfide) groups is 1. The van der Waals surface area contributed by atoms with Gasteiger partial charge in [-0.05, 0) is 25.5 Å². The van der Waals surface area contributed by atoms with Gasteiger partial charge < -0.3 is 19.6 Å². The van der Waals surface area contributed by atoms with Crippen molar-refractivity contribution in [2.75, 3.05) is 47.9 Å². The van der Waals surface area contributed by atoms with Crippen LogP contribution in [0.3, 0.4) is 0 Å². The minimum Gasteiger partial charge on any atom is -0.360 e. The van der Waals surface area contributed by atoms with Crippen molar-refractivity contribution in [1.29, 1.82) is 0 Å². The number of halogens is 3. The molecule has 1 N–H and O–H groups in total. The number of amides is 2. The maximum atomic E-state index is 12.7. The van der Waals surface area contributed by atoms with E-state index in [1.165, 1.54) is 17.8 Å². The molecule has 31 heavy (non-hydrogen) atoms. The molecule has 2 aromatic rings. The van der Waals surface area contributed by atoms with Crippen LogP contribution in [-0.2, 0) is 15.8 Å². The Morgan fingerprint density at radius 1 is 1.19 bits per heavy atom. The predicted octanol–water partition coefficient (Wildman–Crippen LogP) is 2.81. The van der Waals surface area contributed by atoms with Crippen LogP contribution in [0.5, 0.6) is 0 Å². The maximum Gasteiger partial charge on any atom is 0.417 e. The van der Waals surface area contributed by atoms with Gasteiger partial charge in [-0.25, -0.2) is 4.98 Å². The van der Waals surface area contributed by atoms with Gasteiger partial charge in [-0.1, -0.05) is 5.16 Å². The lowest BCUT2D eigenvalue weighted by Gasteiger charge is -2.23. The highest BCUT2D eigenvalue weighted by Crippen LogP contribution is 2.29. The maximum absolute atomic E-state index is 12.7. The van der Waals surface area contributed by atoms with E-state index in [1.807, 2.05) is 4.90 Å². The fourth-order valence-corrected chi connectivity index (χ4v) is 3.78. The van der Waals surface area contributed by atoms with Crippen LogP contribution in [0.4, 0.5) is 24.8 Å². The highest BCUT2D eigenvalue weighted by atomic mass is 32.2. The summed E-state index contributed by atoms with van der Waals surface area (Å²) in [6.07, 6.45) is -2.92. The van der Waals surface area contributed by atoms with Crippen LogP contribution < -0.4 is 10.2 Å². The molecule has 1 aliphatic rings. The largest absolute Gasteiger partial charge is 0.417 e. The number of hydrogen-bond acceptors (Lipinski definition) is 7. The number of anilines is 2. The lowest BCUT2D eigenvalue weighted by Crippen LogP contribution is -2.36. The number of aromatic nitrogens is 2. The predicted molar refractivity (Wildman–Crippen MR) is 110 cm³/mol. The van der Waals surface area contributed by atoms with E-state index in [0.717, 1.165) is 12.3 Å². The Morgan fingerprint density at radius 2 is 2.00 bits per heavy atom. The van der Waals surface area contributed by atoms with E-state index in [1.54, 1.807) is 17.9 Å². The van der Waals surface area contributed by atoms with Crippen LogP contribution in [0.1, 0.15) is 17.7 Å². The molecule has 3 rings (SSSR count). The number of nitrogens with zero attached hydrogens (tertiary/aromatic N) is 4.